The molecule has 25 heavy (non-hydrogen) atoms. The van der Waals surface area contributed by atoms with Crippen molar-refractivity contribution in [3.8, 4) is 0 Å². The lowest BCUT2D eigenvalue weighted by Crippen LogP contribution is -2.56. The topological polar surface area (TPSA) is 56.9 Å². The summed E-state index contributed by atoms with van der Waals surface area (Å²) >= 11 is 12.4. The molecule has 2 aliphatic heterocycles. The highest BCUT2D eigenvalue weighted by molar-refractivity contribution is 6.31. The van der Waals surface area contributed by atoms with Crippen molar-refractivity contribution in [2.45, 2.75) is 24.9 Å². The van der Waals surface area contributed by atoms with Crippen LogP contribution in [0.5, 0.6) is 0 Å². The molecule has 6 heteroatoms. The standard InChI is InChI=1S/C19H15Cl2N3O/c1-9-6-13-12-4-2-11(21)8-16(12)22-17(13)19(24-9)14-7-10(20)3-5-15(14)23-18(19)25/h2-5,7-9,22,24H,6H2,1H3,(H,23,25)/t9-,19+/m0/s1. The smallest absolute Gasteiger partial charge is 0.255 e. The second kappa shape index (κ2) is 5.01. The molecule has 3 heterocycles. The predicted octanol–water partition coefficient (Wildman–Crippen LogP) is 4.20. The molecule has 3 N–H and O–H groups in total. The van der Waals surface area contributed by atoms with E-state index in [1.165, 1.54) is 0 Å². The summed E-state index contributed by atoms with van der Waals surface area (Å²) in [6, 6.07) is 11.4. The van der Waals surface area contributed by atoms with Crippen LogP contribution in [0.1, 0.15) is 23.7 Å². The van der Waals surface area contributed by atoms with E-state index in [0.717, 1.165) is 39.8 Å². The predicted molar refractivity (Wildman–Crippen MR) is 100 cm³/mol. The third kappa shape index (κ3) is 1.96. The largest absolute Gasteiger partial charge is 0.356 e. The number of carbonyl (C=O) groups is 1. The molecule has 2 atom stereocenters. The van der Waals surface area contributed by atoms with Gasteiger partial charge in [0.15, 0.2) is 5.54 Å². The van der Waals surface area contributed by atoms with Crippen molar-refractivity contribution in [3.05, 3.63) is 63.3 Å². The van der Waals surface area contributed by atoms with E-state index in [4.69, 9.17) is 23.2 Å². The van der Waals surface area contributed by atoms with Crippen molar-refractivity contribution in [1.82, 2.24) is 10.3 Å². The average Bonchev–Trinajstić information content (AvgIpc) is 3.04. The molecular weight excluding hydrogens is 357 g/mol. The van der Waals surface area contributed by atoms with Crippen molar-refractivity contribution >= 4 is 45.7 Å². The van der Waals surface area contributed by atoms with Crippen LogP contribution in [0.4, 0.5) is 5.69 Å². The number of carbonyl (C=O) groups excluding carboxylic acids is 1. The zero-order chi connectivity index (χ0) is 17.3. The van der Waals surface area contributed by atoms with E-state index < -0.39 is 5.54 Å². The lowest BCUT2D eigenvalue weighted by molar-refractivity contribution is -0.121. The highest BCUT2D eigenvalue weighted by Crippen LogP contribution is 2.47. The second-order valence-electron chi connectivity index (χ2n) is 6.81. The van der Waals surface area contributed by atoms with Crippen LogP contribution >= 0.6 is 23.2 Å². The van der Waals surface area contributed by atoms with Crippen LogP contribution < -0.4 is 10.6 Å². The molecule has 3 aromatic rings. The molecule has 1 amide bonds. The van der Waals surface area contributed by atoms with Gasteiger partial charge in [-0.1, -0.05) is 29.3 Å². The number of hydrogen-bond donors (Lipinski definition) is 3. The third-order valence-electron chi connectivity index (χ3n) is 5.19. The monoisotopic (exact) mass is 371 g/mol. The number of benzene rings is 2. The Morgan fingerprint density at radius 1 is 1.12 bits per heavy atom. The Bertz CT molecular complexity index is 1060. The van der Waals surface area contributed by atoms with Gasteiger partial charge in [0.25, 0.3) is 5.91 Å². The minimum Gasteiger partial charge on any atom is -0.356 e. The highest BCUT2D eigenvalue weighted by Gasteiger charge is 2.53. The second-order valence-corrected chi connectivity index (χ2v) is 7.68. The minimum atomic E-state index is -0.960. The number of aromatic nitrogens is 1. The summed E-state index contributed by atoms with van der Waals surface area (Å²) in [5.74, 6) is -0.0878. The first-order chi connectivity index (χ1) is 12.0. The first-order valence-electron chi connectivity index (χ1n) is 8.19. The molecule has 2 aliphatic rings. The first-order valence-corrected chi connectivity index (χ1v) is 8.94. The Morgan fingerprint density at radius 3 is 2.72 bits per heavy atom. The van der Waals surface area contributed by atoms with E-state index in [1.54, 1.807) is 6.07 Å². The normalized spacial score (nSPS) is 24.4. The summed E-state index contributed by atoms with van der Waals surface area (Å²) in [6.07, 6.45) is 0.835. The lowest BCUT2D eigenvalue weighted by Gasteiger charge is -2.37. The molecule has 0 bridgehead atoms. The van der Waals surface area contributed by atoms with Crippen LogP contribution in [-0.2, 0) is 16.8 Å². The van der Waals surface area contributed by atoms with Crippen molar-refractivity contribution in [2.75, 3.05) is 5.32 Å². The van der Waals surface area contributed by atoms with Crippen LogP contribution in [0, 0.1) is 0 Å². The average molecular weight is 372 g/mol. The van der Waals surface area contributed by atoms with Gasteiger partial charge < -0.3 is 10.3 Å². The number of nitrogens with one attached hydrogen (secondary N) is 3. The fourth-order valence-corrected chi connectivity index (χ4v) is 4.57. The van der Waals surface area contributed by atoms with Gasteiger partial charge in [0, 0.05) is 38.2 Å². The maximum absolute atomic E-state index is 13.1. The molecule has 0 saturated carbocycles. The van der Waals surface area contributed by atoms with Crippen LogP contribution in [0.15, 0.2) is 36.4 Å². The zero-order valence-electron chi connectivity index (χ0n) is 13.4. The van der Waals surface area contributed by atoms with Gasteiger partial charge in [-0.3, -0.25) is 10.1 Å². The number of amides is 1. The van der Waals surface area contributed by atoms with Crippen LogP contribution in [0.2, 0.25) is 10.0 Å². The zero-order valence-corrected chi connectivity index (χ0v) is 14.9. The summed E-state index contributed by atoms with van der Waals surface area (Å²) in [6.45, 7) is 2.09. The maximum Gasteiger partial charge on any atom is 0.255 e. The fourth-order valence-electron chi connectivity index (χ4n) is 4.22. The number of H-pyrrole nitrogens is 1. The molecule has 0 aliphatic carbocycles. The highest BCUT2D eigenvalue weighted by atomic mass is 35.5. The van der Waals surface area contributed by atoms with Gasteiger partial charge in [-0.2, -0.15) is 0 Å². The fraction of sp³-hybridized carbons (Fsp3) is 0.211. The van der Waals surface area contributed by atoms with Crippen molar-refractivity contribution in [1.29, 1.82) is 0 Å². The van der Waals surface area contributed by atoms with Gasteiger partial charge in [0.05, 0.1) is 5.69 Å². The summed E-state index contributed by atoms with van der Waals surface area (Å²) < 4.78 is 0. The number of hydrogen-bond acceptors (Lipinski definition) is 2. The molecule has 0 saturated heterocycles. The molecule has 2 aromatic carbocycles. The summed E-state index contributed by atoms with van der Waals surface area (Å²) in [5, 5.41) is 8.90. The van der Waals surface area contributed by atoms with Gasteiger partial charge in [-0.15, -0.1) is 0 Å². The van der Waals surface area contributed by atoms with Crippen LogP contribution in [0.25, 0.3) is 10.9 Å². The van der Waals surface area contributed by atoms with Gasteiger partial charge in [-0.25, -0.2) is 0 Å². The molecule has 5 rings (SSSR count). The molecule has 1 spiro atoms. The third-order valence-corrected chi connectivity index (χ3v) is 5.66. The molecule has 4 nitrogen and oxygen atoms in total. The van der Waals surface area contributed by atoms with Gasteiger partial charge in [0.1, 0.15) is 0 Å². The Labute approximate surface area is 154 Å². The van der Waals surface area contributed by atoms with E-state index in [1.807, 2.05) is 30.3 Å². The van der Waals surface area contributed by atoms with Crippen molar-refractivity contribution in [2.24, 2.45) is 0 Å². The molecule has 126 valence electrons. The summed E-state index contributed by atoms with van der Waals surface area (Å²) in [5.41, 5.74) is 3.66. The van der Waals surface area contributed by atoms with Crippen LogP contribution in [-0.4, -0.2) is 16.9 Å². The number of fused-ring (bicyclic) bond motifs is 6. The Hall–Kier alpha value is -2.01. The van der Waals surface area contributed by atoms with Gasteiger partial charge in [0.2, 0.25) is 0 Å². The van der Waals surface area contributed by atoms with E-state index in [2.05, 4.69) is 22.5 Å². The summed E-state index contributed by atoms with van der Waals surface area (Å²) in [4.78, 5) is 16.6. The van der Waals surface area contributed by atoms with Gasteiger partial charge >= 0.3 is 0 Å². The first kappa shape index (κ1) is 15.3. The van der Waals surface area contributed by atoms with Crippen molar-refractivity contribution < 1.29 is 4.79 Å². The molecule has 0 fully saturated rings. The quantitative estimate of drug-likeness (QED) is 0.554. The van der Waals surface area contributed by atoms with Gasteiger partial charge in [-0.05, 0) is 49.2 Å². The number of aromatic amines is 1. The van der Waals surface area contributed by atoms with E-state index in [-0.39, 0.29) is 11.9 Å². The van der Waals surface area contributed by atoms with Crippen molar-refractivity contribution in [3.63, 3.8) is 0 Å². The Balaban J connectivity index is 1.87. The Morgan fingerprint density at radius 2 is 1.88 bits per heavy atom. The van der Waals surface area contributed by atoms with E-state index >= 15 is 0 Å². The maximum atomic E-state index is 13.1. The SMILES string of the molecule is C[C@H]1Cc2c([nH]c3cc(Cl)ccc23)[C@@]2(N1)C(=O)Nc1ccc(Cl)cc12. The molecule has 0 radical (unpaired) electrons. The Kier molecular flexibility index (Phi) is 3.06. The number of halogens is 2. The van der Waals surface area contributed by atoms with Crippen LogP contribution in [0.3, 0.4) is 0 Å². The lowest BCUT2D eigenvalue weighted by atomic mass is 9.80. The number of rotatable bonds is 0. The summed E-state index contributed by atoms with van der Waals surface area (Å²) in [7, 11) is 0. The van der Waals surface area contributed by atoms with E-state index in [9.17, 15) is 4.79 Å². The molecule has 1 aromatic heterocycles. The molecule has 0 unspecified atom stereocenters. The molecular formula is C19H15Cl2N3O. The van der Waals surface area contributed by atoms with E-state index in [0.29, 0.717) is 10.0 Å². The minimum absolute atomic E-state index is 0.0878. The number of anilines is 1.